The zero-order chi connectivity index (χ0) is 14.8. The van der Waals surface area contributed by atoms with Crippen molar-refractivity contribution in [3.05, 3.63) is 53.6 Å². The summed E-state index contributed by atoms with van der Waals surface area (Å²) in [7, 11) is 0. The fraction of sp³-hybridized carbons (Fsp3) is 0.154. The fourth-order valence-corrected chi connectivity index (χ4v) is 1.76. The van der Waals surface area contributed by atoms with Gasteiger partial charge in [0.15, 0.2) is 0 Å². The van der Waals surface area contributed by atoms with Crippen molar-refractivity contribution in [2.24, 2.45) is 0 Å². The molecule has 2 nitrogen and oxygen atoms in total. The van der Waals surface area contributed by atoms with E-state index in [4.69, 9.17) is 4.74 Å². The molecule has 0 bridgehead atoms. The van der Waals surface area contributed by atoms with E-state index in [0.717, 1.165) is 17.7 Å². The van der Waals surface area contributed by atoms with E-state index in [1.165, 1.54) is 6.20 Å². The van der Waals surface area contributed by atoms with Gasteiger partial charge >= 0.3 is 58.4 Å². The van der Waals surface area contributed by atoms with Crippen molar-refractivity contribution in [1.29, 1.82) is 0 Å². The van der Waals surface area contributed by atoms with Crippen LogP contribution in [-0.2, 0) is 6.61 Å². The van der Waals surface area contributed by atoms with Gasteiger partial charge in [-0.1, -0.05) is 5.46 Å². The molecule has 0 atom stereocenters. The number of rotatable bonds is 4. The van der Waals surface area contributed by atoms with Crippen molar-refractivity contribution in [3.8, 4) is 5.75 Å². The maximum absolute atomic E-state index is 12.9. The largest absolute Gasteiger partial charge is 1.00 e. The second-order valence-corrected chi connectivity index (χ2v) is 4.42. The third-order valence-electron chi connectivity index (χ3n) is 2.65. The Morgan fingerprint density at radius 2 is 1.86 bits per heavy atom. The van der Waals surface area contributed by atoms with Crippen LogP contribution in [0.25, 0.3) is 0 Å². The van der Waals surface area contributed by atoms with Gasteiger partial charge in [-0.2, -0.15) is 0 Å². The van der Waals surface area contributed by atoms with Gasteiger partial charge in [0.05, 0.1) is 5.75 Å². The van der Waals surface area contributed by atoms with Gasteiger partial charge in [0.1, 0.15) is 12.4 Å². The number of hydrogen-bond donors (Lipinski definition) is 0. The fourth-order valence-electron chi connectivity index (χ4n) is 1.76. The molecule has 106 valence electrons. The number of aryl methyl sites for hydroxylation is 1. The van der Waals surface area contributed by atoms with Crippen LogP contribution in [-0.4, -0.2) is 12.0 Å². The summed E-state index contributed by atoms with van der Waals surface area (Å²) < 4.78 is 56.6. The molecule has 0 radical (unpaired) electrons. The maximum atomic E-state index is 12.9. The quantitative estimate of drug-likeness (QED) is 0.591. The Bertz CT molecular complexity index is 621. The molecular formula is C13H11BF4KNO. The molecule has 1 heterocycles. The molecule has 0 spiro atoms. The van der Waals surface area contributed by atoms with Crippen LogP contribution in [0.1, 0.15) is 11.1 Å². The molecule has 8 heteroatoms. The van der Waals surface area contributed by atoms with E-state index in [9.17, 15) is 17.3 Å². The van der Waals surface area contributed by atoms with Crippen LogP contribution in [0.3, 0.4) is 0 Å². The zero-order valence-electron chi connectivity index (χ0n) is 11.6. The molecule has 1 aromatic carbocycles. The molecule has 0 aliphatic heterocycles. The Labute approximate surface area is 162 Å². The number of hydrogen-bond acceptors (Lipinski definition) is 2. The minimum Gasteiger partial charge on any atom is -0.492 e. The molecule has 0 amide bonds. The first kappa shape index (κ1) is 18.6. The average molecular weight is 323 g/mol. The number of benzene rings is 1. The Morgan fingerprint density at radius 1 is 1.14 bits per heavy atom. The van der Waals surface area contributed by atoms with Crippen molar-refractivity contribution in [2.45, 2.75) is 13.5 Å². The normalized spacial score (nSPS) is 10.9. The first-order valence-electron chi connectivity index (χ1n) is 5.89. The zero-order valence-corrected chi connectivity index (χ0v) is 14.7. The standard InChI is InChI=1S/C13H11BF4NO.K/c1-9-4-10(7-19-6-9)8-20-13-3-2-11(15)5-12(13)14(16,17)18;/h2-7H,8H2,1H3;/q-1;+1. The summed E-state index contributed by atoms with van der Waals surface area (Å²) in [5, 5.41) is 0. The SMILES string of the molecule is Cc1cncc(COc2ccc(F)cc2[B-](F)(F)F)c1.[K+]. The van der Waals surface area contributed by atoms with Crippen molar-refractivity contribution in [1.82, 2.24) is 4.98 Å². The van der Waals surface area contributed by atoms with Crippen LogP contribution in [0.2, 0.25) is 0 Å². The van der Waals surface area contributed by atoms with Gasteiger partial charge in [0.25, 0.3) is 0 Å². The van der Waals surface area contributed by atoms with E-state index >= 15 is 0 Å². The minimum absolute atomic E-state index is 0. The van der Waals surface area contributed by atoms with Gasteiger partial charge in [-0.05, 0) is 36.8 Å². The summed E-state index contributed by atoms with van der Waals surface area (Å²) in [6.45, 7) is -3.57. The van der Waals surface area contributed by atoms with Crippen LogP contribution in [0.5, 0.6) is 5.75 Å². The monoisotopic (exact) mass is 323 g/mol. The molecule has 2 aromatic rings. The first-order chi connectivity index (χ1) is 9.36. The van der Waals surface area contributed by atoms with E-state index in [0.29, 0.717) is 11.6 Å². The summed E-state index contributed by atoms with van der Waals surface area (Å²) in [6.07, 6.45) is 3.14. The van der Waals surface area contributed by atoms with E-state index in [-0.39, 0.29) is 63.7 Å². The number of ether oxygens (including phenoxy) is 1. The summed E-state index contributed by atoms with van der Waals surface area (Å²) in [5.41, 5.74) is 0.464. The van der Waals surface area contributed by atoms with Crippen molar-refractivity contribution in [3.63, 3.8) is 0 Å². The number of aromatic nitrogens is 1. The number of pyridine rings is 1. The number of nitrogens with zero attached hydrogens (tertiary/aromatic N) is 1. The van der Waals surface area contributed by atoms with Crippen molar-refractivity contribution >= 4 is 12.4 Å². The summed E-state index contributed by atoms with van der Waals surface area (Å²) >= 11 is 0. The maximum Gasteiger partial charge on any atom is 1.00 e. The van der Waals surface area contributed by atoms with Crippen molar-refractivity contribution < 1.29 is 73.5 Å². The van der Waals surface area contributed by atoms with E-state index < -0.39 is 18.3 Å². The topological polar surface area (TPSA) is 22.1 Å². The molecule has 0 aliphatic rings. The molecule has 0 fully saturated rings. The molecule has 0 aliphatic carbocycles. The van der Waals surface area contributed by atoms with E-state index in [2.05, 4.69) is 4.98 Å². The van der Waals surface area contributed by atoms with Crippen LogP contribution >= 0.6 is 0 Å². The Balaban J connectivity index is 0.00000220. The Kier molecular flexibility index (Phi) is 6.86. The van der Waals surface area contributed by atoms with Gasteiger partial charge in [-0.25, -0.2) is 4.39 Å². The molecule has 21 heavy (non-hydrogen) atoms. The van der Waals surface area contributed by atoms with Crippen LogP contribution < -0.4 is 61.6 Å². The van der Waals surface area contributed by atoms with Gasteiger partial charge in [0.2, 0.25) is 0 Å². The second-order valence-electron chi connectivity index (χ2n) is 4.42. The summed E-state index contributed by atoms with van der Waals surface area (Å²) in [4.78, 5) is 3.92. The molecule has 0 N–H and O–H groups in total. The van der Waals surface area contributed by atoms with Gasteiger partial charge in [-0.3, -0.25) is 4.98 Å². The molecule has 0 saturated heterocycles. The van der Waals surface area contributed by atoms with E-state index in [1.807, 2.05) is 6.92 Å². The Morgan fingerprint density at radius 3 is 2.48 bits per heavy atom. The molecule has 1 aromatic heterocycles. The van der Waals surface area contributed by atoms with Gasteiger partial charge < -0.3 is 17.7 Å². The van der Waals surface area contributed by atoms with Crippen LogP contribution in [0, 0.1) is 12.7 Å². The predicted molar refractivity (Wildman–Crippen MR) is 68.4 cm³/mol. The van der Waals surface area contributed by atoms with Gasteiger partial charge in [0, 0.05) is 18.0 Å². The molecule has 0 unspecified atom stereocenters. The third-order valence-corrected chi connectivity index (χ3v) is 2.65. The molecule has 2 rings (SSSR count). The smallest absolute Gasteiger partial charge is 0.492 e. The van der Waals surface area contributed by atoms with Crippen LogP contribution in [0.4, 0.5) is 17.3 Å². The number of halogens is 4. The minimum atomic E-state index is -5.33. The second kappa shape index (κ2) is 7.73. The van der Waals surface area contributed by atoms with Crippen LogP contribution in [0.15, 0.2) is 36.7 Å². The van der Waals surface area contributed by atoms with E-state index in [1.54, 1.807) is 12.3 Å². The Hall–Kier alpha value is -0.409. The summed E-state index contributed by atoms with van der Waals surface area (Å²) in [6, 6.07) is 4.14. The van der Waals surface area contributed by atoms with Gasteiger partial charge in [-0.15, -0.1) is 0 Å². The summed E-state index contributed by atoms with van der Waals surface area (Å²) in [5.74, 6) is -1.32. The van der Waals surface area contributed by atoms with Crippen molar-refractivity contribution in [2.75, 3.05) is 0 Å². The first-order valence-corrected chi connectivity index (χ1v) is 5.89. The average Bonchev–Trinajstić information content (AvgIpc) is 2.36. The molecule has 0 saturated carbocycles. The third kappa shape index (κ3) is 5.37. The molecular weight excluding hydrogens is 312 g/mol. The predicted octanol–water partition coefficient (Wildman–Crippen LogP) is 0.167.